The lowest BCUT2D eigenvalue weighted by Crippen LogP contribution is -2.58. The summed E-state index contributed by atoms with van der Waals surface area (Å²) in [7, 11) is 0. The molecule has 1 aromatic heterocycles. The summed E-state index contributed by atoms with van der Waals surface area (Å²) < 4.78 is 18.4. The molecule has 2 aliphatic rings. The second-order valence-electron chi connectivity index (χ2n) is 10.0. The zero-order chi connectivity index (χ0) is 29.5. The maximum absolute atomic E-state index is 13.5. The highest BCUT2D eigenvalue weighted by atomic mass is 19.1. The minimum absolute atomic E-state index is 0.00801. The molecule has 2 saturated heterocycles. The van der Waals surface area contributed by atoms with Crippen LogP contribution in [0.2, 0.25) is 0 Å². The Morgan fingerprint density at radius 1 is 1.12 bits per heavy atom. The van der Waals surface area contributed by atoms with Crippen molar-refractivity contribution in [2.24, 2.45) is 0 Å². The monoisotopic (exact) mass is 570 g/mol. The number of hydrogen-bond acceptors (Lipinski definition) is 8. The Kier molecular flexibility index (Phi) is 9.42. The molecule has 14 heteroatoms. The first-order chi connectivity index (χ1) is 19.6. The van der Waals surface area contributed by atoms with Gasteiger partial charge in [-0.2, -0.15) is 0 Å². The third-order valence-electron chi connectivity index (χ3n) is 6.99. The topological polar surface area (TPSA) is 180 Å². The van der Waals surface area contributed by atoms with E-state index in [2.05, 4.69) is 26.4 Å². The number of nitrogens with one attached hydrogen (secondary N) is 4. The van der Waals surface area contributed by atoms with E-state index < -0.39 is 53.6 Å². The molecule has 4 rings (SSSR count). The maximum Gasteiger partial charge on any atom is 0.274 e. The van der Waals surface area contributed by atoms with E-state index in [1.54, 1.807) is 6.92 Å². The summed E-state index contributed by atoms with van der Waals surface area (Å²) in [6.07, 6.45) is 1.33. The molecule has 0 saturated carbocycles. The third-order valence-corrected chi connectivity index (χ3v) is 6.99. The molecule has 1 aromatic carbocycles. The van der Waals surface area contributed by atoms with Gasteiger partial charge in [-0.15, -0.1) is 0 Å². The zero-order valence-corrected chi connectivity index (χ0v) is 22.4. The summed E-state index contributed by atoms with van der Waals surface area (Å²) in [5.41, 5.74) is 0.412. The highest BCUT2D eigenvalue weighted by molar-refractivity contribution is 5.98. The van der Waals surface area contributed by atoms with Gasteiger partial charge in [-0.05, 0) is 43.9 Å². The number of carbonyl (C=O) groups is 6. The fourth-order valence-electron chi connectivity index (χ4n) is 4.79. The molecule has 3 heterocycles. The first-order valence-electron chi connectivity index (χ1n) is 13.3. The van der Waals surface area contributed by atoms with Crippen molar-refractivity contribution in [2.75, 3.05) is 13.1 Å². The molecule has 4 N–H and O–H groups in total. The predicted molar refractivity (Wildman–Crippen MR) is 140 cm³/mol. The summed E-state index contributed by atoms with van der Waals surface area (Å²) in [6, 6.07) is 2.24. The van der Waals surface area contributed by atoms with E-state index in [1.807, 2.05) is 0 Å². The van der Waals surface area contributed by atoms with Gasteiger partial charge in [0, 0.05) is 32.0 Å². The van der Waals surface area contributed by atoms with Gasteiger partial charge in [0.15, 0.2) is 5.69 Å². The largest absolute Gasteiger partial charge is 0.361 e. The molecule has 0 radical (unpaired) electrons. The smallest absolute Gasteiger partial charge is 0.274 e. The molecule has 5 amide bonds. The summed E-state index contributed by atoms with van der Waals surface area (Å²) in [6.45, 7) is 1.58. The van der Waals surface area contributed by atoms with Gasteiger partial charge in [-0.3, -0.25) is 24.0 Å². The molecule has 41 heavy (non-hydrogen) atoms. The number of halogens is 1. The van der Waals surface area contributed by atoms with E-state index in [9.17, 15) is 33.2 Å². The average molecular weight is 571 g/mol. The second kappa shape index (κ2) is 13.2. The maximum atomic E-state index is 13.5. The van der Waals surface area contributed by atoms with Crippen molar-refractivity contribution in [3.8, 4) is 0 Å². The molecule has 2 aliphatic heterocycles. The van der Waals surface area contributed by atoms with E-state index in [-0.39, 0.29) is 37.4 Å². The minimum atomic E-state index is -1.36. The van der Waals surface area contributed by atoms with Crippen molar-refractivity contribution in [3.05, 3.63) is 53.2 Å². The van der Waals surface area contributed by atoms with Crippen molar-refractivity contribution in [1.29, 1.82) is 0 Å². The van der Waals surface area contributed by atoms with Gasteiger partial charge in [0.1, 0.15) is 36.0 Å². The van der Waals surface area contributed by atoms with Crippen LogP contribution in [0.15, 0.2) is 34.9 Å². The van der Waals surface area contributed by atoms with Gasteiger partial charge in [-0.1, -0.05) is 17.3 Å². The Morgan fingerprint density at radius 2 is 1.88 bits per heavy atom. The Morgan fingerprint density at radius 3 is 2.56 bits per heavy atom. The highest BCUT2D eigenvalue weighted by Crippen LogP contribution is 2.19. The SMILES string of the molecule is Cc1cc(C(=O)NC2CNC(=O)C3CCCN3C(=O)CCC(C=O)NC(=O)C(Cc3ccc(F)cc3)NC2=O)no1. The van der Waals surface area contributed by atoms with Gasteiger partial charge in [0.2, 0.25) is 23.6 Å². The number of amides is 5. The van der Waals surface area contributed by atoms with Crippen LogP contribution in [0.1, 0.15) is 47.5 Å². The molecular formula is C27H31FN6O7. The Hall–Kier alpha value is -4.62. The van der Waals surface area contributed by atoms with E-state index in [0.717, 1.165) is 0 Å². The quantitative estimate of drug-likeness (QED) is 0.348. The standard InChI is InChI=1S/C27H31FN6O7/c1-15-11-20(33-41-15)25(38)32-21-13-29-27(40)22-3-2-10-34(22)23(36)9-8-18(14-35)30-24(37)19(31-26(21)39)12-16-4-6-17(28)7-5-16/h4-7,11,14,18-19,21-22H,2-3,8-10,12-13H2,1H3,(H,29,40)(H,30,37)(H,31,39)(H,32,38). The van der Waals surface area contributed by atoms with Crippen LogP contribution in [0.5, 0.6) is 0 Å². The fraction of sp³-hybridized carbons (Fsp3) is 0.444. The van der Waals surface area contributed by atoms with Gasteiger partial charge >= 0.3 is 0 Å². The van der Waals surface area contributed by atoms with Gasteiger partial charge in [-0.25, -0.2) is 4.39 Å². The third kappa shape index (κ3) is 7.52. The van der Waals surface area contributed by atoms with Crippen molar-refractivity contribution >= 4 is 35.8 Å². The number of aromatic nitrogens is 1. The normalized spacial score (nSPS) is 24.3. The van der Waals surface area contributed by atoms with Crippen LogP contribution < -0.4 is 21.3 Å². The Balaban J connectivity index is 1.63. The molecule has 2 fully saturated rings. The Bertz CT molecular complexity index is 1310. The van der Waals surface area contributed by atoms with Crippen LogP contribution in [-0.2, 0) is 30.4 Å². The van der Waals surface area contributed by atoms with Crippen molar-refractivity contribution in [2.45, 2.75) is 63.2 Å². The molecule has 0 spiro atoms. The zero-order valence-electron chi connectivity index (χ0n) is 22.4. The Labute approximate surface area is 234 Å². The lowest BCUT2D eigenvalue weighted by Gasteiger charge is -2.25. The average Bonchev–Trinajstić information content (AvgIpc) is 3.62. The molecule has 0 aliphatic carbocycles. The molecular weight excluding hydrogens is 539 g/mol. The number of benzene rings is 1. The molecule has 0 bridgehead atoms. The van der Waals surface area contributed by atoms with Gasteiger partial charge in [0.05, 0.1) is 6.04 Å². The van der Waals surface area contributed by atoms with E-state index in [0.29, 0.717) is 37.0 Å². The van der Waals surface area contributed by atoms with Crippen LogP contribution in [0.25, 0.3) is 0 Å². The number of fused-ring (bicyclic) bond motifs is 1. The first kappa shape index (κ1) is 29.4. The van der Waals surface area contributed by atoms with E-state index in [1.165, 1.54) is 35.2 Å². The second-order valence-corrected chi connectivity index (χ2v) is 10.0. The number of carbonyl (C=O) groups excluding carboxylic acids is 6. The molecule has 4 unspecified atom stereocenters. The molecule has 13 nitrogen and oxygen atoms in total. The molecule has 4 atom stereocenters. The first-order valence-corrected chi connectivity index (χ1v) is 13.3. The van der Waals surface area contributed by atoms with Crippen molar-refractivity contribution in [3.63, 3.8) is 0 Å². The number of hydrogen-bond donors (Lipinski definition) is 4. The van der Waals surface area contributed by atoms with Crippen LogP contribution in [-0.4, -0.2) is 83.1 Å². The number of aryl methyl sites for hydroxylation is 1. The summed E-state index contributed by atoms with van der Waals surface area (Å²) >= 11 is 0. The lowest BCUT2D eigenvalue weighted by atomic mass is 10.0. The minimum Gasteiger partial charge on any atom is -0.361 e. The number of aldehydes is 1. The summed E-state index contributed by atoms with van der Waals surface area (Å²) in [5.74, 6) is -3.26. The van der Waals surface area contributed by atoms with Crippen LogP contribution in [0, 0.1) is 12.7 Å². The van der Waals surface area contributed by atoms with Crippen LogP contribution in [0.3, 0.4) is 0 Å². The van der Waals surface area contributed by atoms with Crippen molar-refractivity contribution in [1.82, 2.24) is 31.3 Å². The predicted octanol–water partition coefficient (Wildman–Crippen LogP) is -0.467. The van der Waals surface area contributed by atoms with Gasteiger partial charge < -0.3 is 35.5 Å². The number of rotatable bonds is 5. The van der Waals surface area contributed by atoms with E-state index >= 15 is 0 Å². The van der Waals surface area contributed by atoms with E-state index in [4.69, 9.17) is 4.52 Å². The molecule has 2 aromatic rings. The molecule has 218 valence electrons. The van der Waals surface area contributed by atoms with Crippen molar-refractivity contribution < 1.29 is 37.7 Å². The van der Waals surface area contributed by atoms with Gasteiger partial charge in [0.25, 0.3) is 5.91 Å². The highest BCUT2D eigenvalue weighted by Gasteiger charge is 2.36. The van der Waals surface area contributed by atoms with Crippen LogP contribution >= 0.6 is 0 Å². The number of nitrogens with zero attached hydrogens (tertiary/aromatic N) is 2. The lowest BCUT2D eigenvalue weighted by molar-refractivity contribution is -0.138. The fourth-order valence-corrected chi connectivity index (χ4v) is 4.79. The summed E-state index contributed by atoms with van der Waals surface area (Å²) in [5, 5.41) is 13.9. The van der Waals surface area contributed by atoms with Crippen LogP contribution in [0.4, 0.5) is 4.39 Å². The summed E-state index contributed by atoms with van der Waals surface area (Å²) in [4.78, 5) is 78.7.